The molecule has 6 aromatic carbocycles. The molecule has 302 valence electrons. The summed E-state index contributed by atoms with van der Waals surface area (Å²) in [5, 5.41) is 3.78. The maximum Gasteiger partial charge on any atom is 0.0701 e. The summed E-state index contributed by atoms with van der Waals surface area (Å²) in [6.45, 7) is 2.11. The van der Waals surface area contributed by atoms with E-state index in [1.165, 1.54) is 71.7 Å². The van der Waals surface area contributed by atoms with E-state index in [1.807, 2.05) is 18.3 Å². The van der Waals surface area contributed by atoms with Crippen molar-refractivity contribution in [1.82, 2.24) is 14.1 Å². The maximum atomic E-state index is 6.45. The molecule has 4 heteroatoms. The molecule has 0 radical (unpaired) electrons. The van der Waals surface area contributed by atoms with E-state index < -0.39 is 0 Å². The highest BCUT2D eigenvalue weighted by Crippen LogP contribution is 2.44. The molecule has 0 bridgehead atoms. The third-order valence-corrected chi connectivity index (χ3v) is 12.6. The van der Waals surface area contributed by atoms with Crippen LogP contribution in [0.3, 0.4) is 0 Å². The highest BCUT2D eigenvalue weighted by atomic mass is 15.0. The topological polar surface area (TPSA) is 48.8 Å². The molecule has 2 N–H and O–H groups in total. The molecule has 3 heterocycles. The van der Waals surface area contributed by atoms with E-state index in [0.717, 1.165) is 58.9 Å². The molecular formula is C59H46N4. The Morgan fingerprint density at radius 2 is 1.17 bits per heavy atom. The Morgan fingerprint density at radius 3 is 1.89 bits per heavy atom. The highest BCUT2D eigenvalue weighted by molar-refractivity contribution is 6.12. The molecule has 0 spiro atoms. The van der Waals surface area contributed by atoms with Crippen molar-refractivity contribution in [3.05, 3.63) is 234 Å². The molecule has 0 atom stereocenters. The number of nitrogens with two attached hydrogens (primary N) is 1. The summed E-state index contributed by atoms with van der Waals surface area (Å²) in [6.07, 6.45) is 26.0. The molecular weight excluding hydrogens is 765 g/mol. The fourth-order valence-electron chi connectivity index (χ4n) is 9.58. The molecule has 4 nitrogen and oxygen atoms in total. The standard InChI is InChI=1S/C59H46N4/c1-2-16-54(60)41-17-6-3-11-23-48-51-36-44-30-31-45-37-53-52-35-43(40-26-28-42(29-27-40)55-24-14-15-34-61-55)32-33-57(52)63(47-21-9-5-10-22-47)59(53)39-50(45)49(44)38-58(51)62(46-19-7-4-8-20-46)56(48)25-13-12-18-41/h3-29,32-39H,2,30-31,60H2,1H3/b6-3+,11-3?,13-12?,17-6?,18-12-,23-11+,25-13+,41-17+,41-18?,48-23?,54-16-,56-25?. The van der Waals surface area contributed by atoms with Gasteiger partial charge in [-0.2, -0.15) is 0 Å². The van der Waals surface area contributed by atoms with Crippen molar-refractivity contribution < 1.29 is 0 Å². The van der Waals surface area contributed by atoms with E-state index in [9.17, 15) is 0 Å². The molecule has 2 aliphatic rings. The molecule has 0 saturated carbocycles. The smallest absolute Gasteiger partial charge is 0.0701 e. The van der Waals surface area contributed by atoms with Crippen LogP contribution in [0.15, 0.2) is 212 Å². The van der Waals surface area contributed by atoms with E-state index in [-0.39, 0.29) is 0 Å². The van der Waals surface area contributed by atoms with Gasteiger partial charge in [-0.3, -0.25) is 4.98 Å². The number of rotatable bonds is 6. The average molecular weight is 811 g/mol. The van der Waals surface area contributed by atoms with Crippen molar-refractivity contribution in [2.75, 3.05) is 0 Å². The highest BCUT2D eigenvalue weighted by Gasteiger charge is 2.24. The van der Waals surface area contributed by atoms with Crippen molar-refractivity contribution >= 4 is 44.9 Å². The second-order valence-corrected chi connectivity index (χ2v) is 16.4. The zero-order valence-corrected chi connectivity index (χ0v) is 35.2. The summed E-state index contributed by atoms with van der Waals surface area (Å²) < 4.78 is 4.87. The van der Waals surface area contributed by atoms with Crippen molar-refractivity contribution in [1.29, 1.82) is 0 Å². The van der Waals surface area contributed by atoms with Crippen molar-refractivity contribution in [3.8, 4) is 44.9 Å². The molecule has 0 saturated heterocycles. The van der Waals surface area contributed by atoms with Crippen molar-refractivity contribution in [3.63, 3.8) is 0 Å². The van der Waals surface area contributed by atoms with E-state index in [4.69, 9.17) is 5.73 Å². The number of para-hydroxylation sites is 2. The molecule has 3 aromatic heterocycles. The summed E-state index contributed by atoms with van der Waals surface area (Å²) in [5.74, 6) is 0. The zero-order valence-electron chi connectivity index (χ0n) is 35.2. The summed E-state index contributed by atoms with van der Waals surface area (Å²) >= 11 is 0. The van der Waals surface area contributed by atoms with Crippen LogP contribution in [0.5, 0.6) is 0 Å². The van der Waals surface area contributed by atoms with Crippen LogP contribution in [0.25, 0.3) is 89.7 Å². The van der Waals surface area contributed by atoms with Gasteiger partial charge in [0, 0.05) is 50.6 Å². The second kappa shape index (κ2) is 16.2. The zero-order chi connectivity index (χ0) is 42.3. The molecule has 2 aliphatic carbocycles. The number of benzene rings is 6. The van der Waals surface area contributed by atoms with Gasteiger partial charge in [-0.25, -0.2) is 0 Å². The largest absolute Gasteiger partial charge is 0.399 e. The van der Waals surface area contributed by atoms with Gasteiger partial charge in [0.25, 0.3) is 0 Å². The van der Waals surface area contributed by atoms with Crippen LogP contribution in [0.1, 0.15) is 35.7 Å². The van der Waals surface area contributed by atoms with Crippen LogP contribution in [0, 0.1) is 0 Å². The van der Waals surface area contributed by atoms with Gasteiger partial charge < -0.3 is 14.9 Å². The van der Waals surface area contributed by atoms with Crippen LogP contribution in [0.4, 0.5) is 0 Å². The minimum absolute atomic E-state index is 0.784. The minimum atomic E-state index is 0.784. The lowest BCUT2D eigenvalue weighted by atomic mass is 9.83. The monoisotopic (exact) mass is 810 g/mol. The first-order valence-corrected chi connectivity index (χ1v) is 21.9. The Balaban J connectivity index is 1.09. The van der Waals surface area contributed by atoms with Crippen molar-refractivity contribution in [2.45, 2.75) is 26.2 Å². The third-order valence-electron chi connectivity index (χ3n) is 12.6. The first-order chi connectivity index (χ1) is 31.1. The summed E-state index contributed by atoms with van der Waals surface area (Å²) in [4.78, 5) is 4.57. The summed E-state index contributed by atoms with van der Waals surface area (Å²) in [6, 6.07) is 53.2. The van der Waals surface area contributed by atoms with E-state index >= 15 is 0 Å². The molecule has 9 aromatic rings. The van der Waals surface area contributed by atoms with Gasteiger partial charge in [-0.05, 0) is 137 Å². The van der Waals surface area contributed by atoms with Crippen LogP contribution in [0.2, 0.25) is 0 Å². The number of allylic oxidation sites excluding steroid dienone is 8. The molecule has 0 aliphatic heterocycles. The number of nitrogens with zero attached hydrogens (tertiary/aromatic N) is 3. The van der Waals surface area contributed by atoms with Crippen LogP contribution in [-0.2, 0) is 12.8 Å². The molecule has 0 unspecified atom stereocenters. The first kappa shape index (κ1) is 38.0. The number of hydrogen-bond donors (Lipinski definition) is 1. The number of pyridine rings is 1. The van der Waals surface area contributed by atoms with Crippen LogP contribution < -0.4 is 5.73 Å². The van der Waals surface area contributed by atoms with Gasteiger partial charge in [0.05, 0.1) is 27.9 Å². The predicted molar refractivity (Wildman–Crippen MR) is 266 cm³/mol. The van der Waals surface area contributed by atoms with E-state index in [1.54, 1.807) is 0 Å². The lowest BCUT2D eigenvalue weighted by molar-refractivity contribution is 0.945. The Labute approximate surface area is 368 Å². The number of fused-ring (bicyclic) bond motifs is 9. The Bertz CT molecular complexity index is 3390. The summed E-state index contributed by atoms with van der Waals surface area (Å²) in [5.41, 5.74) is 26.3. The predicted octanol–water partition coefficient (Wildman–Crippen LogP) is 14.6. The first-order valence-electron chi connectivity index (χ1n) is 21.9. The second-order valence-electron chi connectivity index (χ2n) is 16.4. The Hall–Kier alpha value is -7.95. The van der Waals surface area contributed by atoms with Gasteiger partial charge in [0.1, 0.15) is 0 Å². The third kappa shape index (κ3) is 6.86. The number of hydrogen-bond acceptors (Lipinski definition) is 2. The normalized spacial score (nSPS) is 16.6. The minimum Gasteiger partial charge on any atom is -0.399 e. The number of aromatic nitrogens is 3. The van der Waals surface area contributed by atoms with Crippen LogP contribution in [-0.4, -0.2) is 14.1 Å². The fraction of sp³-hybridized carbons (Fsp3) is 0.0678. The Kier molecular flexibility index (Phi) is 9.74. The fourth-order valence-corrected chi connectivity index (χ4v) is 9.58. The molecule has 11 rings (SSSR count). The Morgan fingerprint density at radius 1 is 0.556 bits per heavy atom. The van der Waals surface area contributed by atoms with E-state index in [0.29, 0.717) is 0 Å². The van der Waals surface area contributed by atoms with Gasteiger partial charge in [0.15, 0.2) is 0 Å². The van der Waals surface area contributed by atoms with Gasteiger partial charge in [-0.15, -0.1) is 0 Å². The lowest BCUT2D eigenvalue weighted by Crippen LogP contribution is -2.05. The maximum absolute atomic E-state index is 6.45. The molecule has 63 heavy (non-hydrogen) atoms. The average Bonchev–Trinajstić information content (AvgIpc) is 3.81. The molecule has 0 fully saturated rings. The summed E-state index contributed by atoms with van der Waals surface area (Å²) in [7, 11) is 0. The van der Waals surface area contributed by atoms with Gasteiger partial charge in [-0.1, -0.05) is 134 Å². The van der Waals surface area contributed by atoms with Gasteiger partial charge in [0.2, 0.25) is 0 Å². The number of aryl methyl sites for hydroxylation is 2. The lowest BCUT2D eigenvalue weighted by Gasteiger charge is -2.21. The van der Waals surface area contributed by atoms with Crippen LogP contribution >= 0.6 is 0 Å². The molecule has 0 amide bonds. The SMILES string of the molecule is CC/C=C(N)/C1=C/C=C/C=C/c2c(n(-c3ccccc3)c3cc4c(cc23)CCc2cc3c5cc(-c6ccc(-c7ccccn7)cc6)ccc5n(-c5ccccc5)c3cc2-4)/C=C/C=C\1. The van der Waals surface area contributed by atoms with Gasteiger partial charge >= 0.3 is 0 Å². The van der Waals surface area contributed by atoms with Crippen molar-refractivity contribution in [2.24, 2.45) is 5.73 Å². The quantitative estimate of drug-likeness (QED) is 0.182. The van der Waals surface area contributed by atoms with E-state index in [2.05, 4.69) is 215 Å².